The Morgan fingerprint density at radius 2 is 2.44 bits per heavy atom. The van der Waals surface area contributed by atoms with Gasteiger partial charge >= 0.3 is 0 Å². The summed E-state index contributed by atoms with van der Waals surface area (Å²) in [5.74, 6) is 0.503. The summed E-state index contributed by atoms with van der Waals surface area (Å²) in [6.45, 7) is 5.11. The molecule has 4 nitrogen and oxygen atoms in total. The smallest absolute Gasteiger partial charge is 0.272 e. The van der Waals surface area contributed by atoms with Gasteiger partial charge in [-0.25, -0.2) is 0 Å². The van der Waals surface area contributed by atoms with Gasteiger partial charge in [0.2, 0.25) is 0 Å². The van der Waals surface area contributed by atoms with Crippen LogP contribution in [-0.4, -0.2) is 42.1 Å². The minimum Gasteiger partial charge on any atom is -0.381 e. The molecule has 0 aromatic carbocycles. The Morgan fingerprint density at radius 3 is 3.17 bits per heavy atom. The Kier molecular flexibility index (Phi) is 4.70. The number of nitrogens with zero attached hydrogens (tertiary/aromatic N) is 2. The molecular formula is C14H20N2O2. The zero-order chi connectivity index (χ0) is 12.8. The van der Waals surface area contributed by atoms with Crippen molar-refractivity contribution in [3.8, 4) is 0 Å². The number of hydrogen-bond acceptors (Lipinski definition) is 3. The highest BCUT2D eigenvalue weighted by Crippen LogP contribution is 2.18. The number of piperidine rings is 1. The van der Waals surface area contributed by atoms with Crippen LogP contribution in [0.1, 0.15) is 30.3 Å². The third-order valence-corrected chi connectivity index (χ3v) is 3.25. The van der Waals surface area contributed by atoms with E-state index in [2.05, 4.69) is 4.98 Å². The number of aromatic nitrogens is 1. The number of ether oxygens (including phenoxy) is 1. The molecule has 1 atom stereocenters. The van der Waals surface area contributed by atoms with Crippen molar-refractivity contribution in [3.63, 3.8) is 0 Å². The van der Waals surface area contributed by atoms with Crippen molar-refractivity contribution in [1.82, 2.24) is 9.88 Å². The van der Waals surface area contributed by atoms with E-state index in [0.717, 1.165) is 39.1 Å². The second-order valence-electron chi connectivity index (χ2n) is 4.63. The van der Waals surface area contributed by atoms with E-state index >= 15 is 0 Å². The summed E-state index contributed by atoms with van der Waals surface area (Å²) < 4.78 is 5.45. The lowest BCUT2D eigenvalue weighted by molar-refractivity contribution is 0.0496. The lowest BCUT2D eigenvalue weighted by Gasteiger charge is -2.32. The van der Waals surface area contributed by atoms with Crippen LogP contribution in [0.3, 0.4) is 0 Å². The van der Waals surface area contributed by atoms with Gasteiger partial charge in [0.15, 0.2) is 0 Å². The van der Waals surface area contributed by atoms with E-state index in [9.17, 15) is 4.79 Å². The highest BCUT2D eigenvalue weighted by Gasteiger charge is 2.24. The van der Waals surface area contributed by atoms with Gasteiger partial charge < -0.3 is 9.64 Å². The summed E-state index contributed by atoms with van der Waals surface area (Å²) in [4.78, 5) is 18.3. The number of hydrogen-bond donors (Lipinski definition) is 0. The average molecular weight is 248 g/mol. The van der Waals surface area contributed by atoms with Crippen LogP contribution in [0.4, 0.5) is 0 Å². The molecule has 0 saturated carbocycles. The quantitative estimate of drug-likeness (QED) is 0.818. The van der Waals surface area contributed by atoms with Crippen LogP contribution < -0.4 is 0 Å². The topological polar surface area (TPSA) is 42.4 Å². The molecule has 2 heterocycles. The van der Waals surface area contributed by atoms with Crippen molar-refractivity contribution in [3.05, 3.63) is 30.1 Å². The van der Waals surface area contributed by atoms with Crippen LogP contribution >= 0.6 is 0 Å². The predicted octanol–water partition coefficient (Wildman–Crippen LogP) is 1.97. The second kappa shape index (κ2) is 6.50. The van der Waals surface area contributed by atoms with E-state index in [1.807, 2.05) is 24.0 Å². The molecule has 1 unspecified atom stereocenters. The molecule has 1 aromatic rings. The molecule has 0 spiro atoms. The molecule has 0 aliphatic carbocycles. The summed E-state index contributed by atoms with van der Waals surface area (Å²) in [6, 6.07) is 5.45. The summed E-state index contributed by atoms with van der Waals surface area (Å²) in [7, 11) is 0. The standard InChI is InChI=1S/C14H20N2O2/c1-2-18-11-12-6-5-9-16(10-12)14(17)13-7-3-4-8-15-13/h3-4,7-8,12H,2,5-6,9-11H2,1H3. The molecule has 1 saturated heterocycles. The van der Waals surface area contributed by atoms with Crippen molar-refractivity contribution in [2.45, 2.75) is 19.8 Å². The van der Waals surface area contributed by atoms with Gasteiger partial charge in [0.1, 0.15) is 5.69 Å². The minimum absolute atomic E-state index is 0.0387. The minimum atomic E-state index is 0.0387. The van der Waals surface area contributed by atoms with Crippen LogP contribution in [0.2, 0.25) is 0 Å². The number of carbonyl (C=O) groups is 1. The largest absolute Gasteiger partial charge is 0.381 e. The molecule has 4 heteroatoms. The molecule has 1 amide bonds. The Bertz CT molecular complexity index is 381. The zero-order valence-corrected chi connectivity index (χ0v) is 10.8. The van der Waals surface area contributed by atoms with Gasteiger partial charge in [0.05, 0.1) is 6.61 Å². The van der Waals surface area contributed by atoms with Crippen molar-refractivity contribution >= 4 is 5.91 Å². The first-order valence-electron chi connectivity index (χ1n) is 6.59. The van der Waals surface area contributed by atoms with Gasteiger partial charge in [-0.3, -0.25) is 9.78 Å². The third kappa shape index (κ3) is 3.29. The van der Waals surface area contributed by atoms with E-state index in [4.69, 9.17) is 4.74 Å². The van der Waals surface area contributed by atoms with Gasteiger partial charge in [-0.05, 0) is 37.8 Å². The van der Waals surface area contributed by atoms with Crippen LogP contribution in [0.25, 0.3) is 0 Å². The number of carbonyl (C=O) groups excluding carboxylic acids is 1. The van der Waals surface area contributed by atoms with Crippen molar-refractivity contribution < 1.29 is 9.53 Å². The van der Waals surface area contributed by atoms with Crippen molar-refractivity contribution in [2.24, 2.45) is 5.92 Å². The molecule has 0 N–H and O–H groups in total. The number of pyridine rings is 1. The molecule has 1 fully saturated rings. The number of amides is 1. The molecule has 98 valence electrons. The van der Waals surface area contributed by atoms with Gasteiger partial charge in [-0.2, -0.15) is 0 Å². The monoisotopic (exact) mass is 248 g/mol. The van der Waals surface area contributed by atoms with Gasteiger partial charge in [0, 0.05) is 25.9 Å². The lowest BCUT2D eigenvalue weighted by Crippen LogP contribution is -2.41. The Morgan fingerprint density at radius 1 is 1.56 bits per heavy atom. The normalized spacial score (nSPS) is 19.8. The van der Waals surface area contributed by atoms with Crippen molar-refractivity contribution in [2.75, 3.05) is 26.3 Å². The summed E-state index contributed by atoms with van der Waals surface area (Å²) in [5.41, 5.74) is 0.537. The molecular weight excluding hydrogens is 228 g/mol. The average Bonchev–Trinajstić information content (AvgIpc) is 2.45. The Hall–Kier alpha value is -1.42. The Balaban J connectivity index is 1.94. The summed E-state index contributed by atoms with van der Waals surface area (Å²) in [5, 5.41) is 0. The van der Waals surface area contributed by atoms with E-state index < -0.39 is 0 Å². The number of likely N-dealkylation sites (tertiary alicyclic amines) is 1. The molecule has 1 aromatic heterocycles. The molecule has 1 aliphatic rings. The van der Waals surface area contributed by atoms with Gasteiger partial charge in [-0.15, -0.1) is 0 Å². The van der Waals surface area contributed by atoms with Crippen LogP contribution in [0.15, 0.2) is 24.4 Å². The molecule has 1 aliphatic heterocycles. The number of rotatable bonds is 4. The molecule has 18 heavy (non-hydrogen) atoms. The molecule has 2 rings (SSSR count). The second-order valence-corrected chi connectivity index (χ2v) is 4.63. The van der Waals surface area contributed by atoms with E-state index in [1.165, 1.54) is 0 Å². The molecule has 0 bridgehead atoms. The van der Waals surface area contributed by atoms with Crippen LogP contribution in [0.5, 0.6) is 0 Å². The van der Waals surface area contributed by atoms with Gasteiger partial charge in [-0.1, -0.05) is 6.07 Å². The van der Waals surface area contributed by atoms with Crippen molar-refractivity contribution in [1.29, 1.82) is 0 Å². The predicted molar refractivity (Wildman–Crippen MR) is 69.4 cm³/mol. The SMILES string of the molecule is CCOCC1CCCN(C(=O)c2ccccn2)C1. The highest BCUT2D eigenvalue weighted by molar-refractivity contribution is 5.92. The maximum atomic E-state index is 12.2. The Labute approximate surface area is 108 Å². The molecule has 0 radical (unpaired) electrons. The van der Waals surface area contributed by atoms with Crippen LogP contribution in [-0.2, 0) is 4.74 Å². The summed E-state index contributed by atoms with van der Waals surface area (Å²) >= 11 is 0. The van der Waals surface area contributed by atoms with E-state index in [-0.39, 0.29) is 5.91 Å². The fraction of sp³-hybridized carbons (Fsp3) is 0.571. The first-order valence-corrected chi connectivity index (χ1v) is 6.59. The maximum Gasteiger partial charge on any atom is 0.272 e. The van der Waals surface area contributed by atoms with Crippen LogP contribution in [0, 0.1) is 5.92 Å². The first-order chi connectivity index (χ1) is 8.81. The fourth-order valence-corrected chi connectivity index (χ4v) is 2.32. The zero-order valence-electron chi connectivity index (χ0n) is 10.8. The van der Waals surface area contributed by atoms with E-state index in [0.29, 0.717) is 11.6 Å². The summed E-state index contributed by atoms with van der Waals surface area (Å²) in [6.07, 6.45) is 3.86. The lowest BCUT2D eigenvalue weighted by atomic mass is 9.98. The third-order valence-electron chi connectivity index (χ3n) is 3.25. The van der Waals surface area contributed by atoms with E-state index in [1.54, 1.807) is 12.3 Å². The highest BCUT2D eigenvalue weighted by atomic mass is 16.5. The van der Waals surface area contributed by atoms with Gasteiger partial charge in [0.25, 0.3) is 5.91 Å². The maximum absolute atomic E-state index is 12.2. The fourth-order valence-electron chi connectivity index (χ4n) is 2.32. The first kappa shape index (κ1) is 13.0.